The van der Waals surface area contributed by atoms with E-state index in [1.54, 1.807) is 12.1 Å². The van der Waals surface area contributed by atoms with Crippen LogP contribution in [0.1, 0.15) is 20.3 Å². The molecule has 0 N–H and O–H groups in total. The second kappa shape index (κ2) is 3.81. The maximum Gasteiger partial charge on any atom is 0.157 e. The molecule has 0 bridgehead atoms. The van der Waals surface area contributed by atoms with Gasteiger partial charge in [-0.05, 0) is 37.6 Å². The summed E-state index contributed by atoms with van der Waals surface area (Å²) in [6.45, 7) is 4.68. The van der Waals surface area contributed by atoms with Crippen LogP contribution in [0.3, 0.4) is 0 Å². The van der Waals surface area contributed by atoms with Crippen molar-refractivity contribution in [1.29, 1.82) is 0 Å². The average Bonchev–Trinajstić information content (AvgIpc) is 2.26. The Morgan fingerprint density at radius 3 is 2.53 bits per heavy atom. The van der Waals surface area contributed by atoms with E-state index in [-0.39, 0.29) is 17.5 Å². The summed E-state index contributed by atoms with van der Waals surface area (Å²) in [6.07, 6.45) is 0.999. The first-order valence-electron chi connectivity index (χ1n) is 5.22. The van der Waals surface area contributed by atoms with Gasteiger partial charge >= 0.3 is 0 Å². The summed E-state index contributed by atoms with van der Waals surface area (Å²) in [5.74, 6) is 0.458. The number of hydrogen-bond acceptors (Lipinski definition) is 2. The number of benzene rings is 1. The average molecular weight is 210 g/mol. The highest BCUT2D eigenvalue weighted by Crippen LogP contribution is 2.34. The third kappa shape index (κ3) is 1.84. The lowest BCUT2D eigenvalue weighted by Gasteiger charge is -2.46. The van der Waals surface area contributed by atoms with Crippen molar-refractivity contribution >= 4 is 0 Å². The van der Waals surface area contributed by atoms with Crippen molar-refractivity contribution in [3.05, 3.63) is 30.1 Å². The van der Waals surface area contributed by atoms with Crippen molar-refractivity contribution in [3.8, 4) is 5.75 Å². The van der Waals surface area contributed by atoms with E-state index in [0.717, 1.165) is 6.42 Å². The summed E-state index contributed by atoms with van der Waals surface area (Å²) < 4.78 is 23.9. The van der Waals surface area contributed by atoms with Gasteiger partial charge in [0.15, 0.2) is 5.60 Å². The molecule has 1 aromatic carbocycles. The van der Waals surface area contributed by atoms with Gasteiger partial charge in [-0.15, -0.1) is 0 Å². The highest BCUT2D eigenvalue weighted by Gasteiger charge is 2.46. The van der Waals surface area contributed by atoms with E-state index in [2.05, 4.69) is 6.92 Å². The summed E-state index contributed by atoms with van der Waals surface area (Å²) >= 11 is 0. The fourth-order valence-electron chi connectivity index (χ4n) is 1.75. The molecule has 82 valence electrons. The van der Waals surface area contributed by atoms with E-state index in [1.165, 1.54) is 12.1 Å². The zero-order chi connectivity index (χ0) is 10.9. The normalized spacial score (nSPS) is 29.7. The topological polar surface area (TPSA) is 18.5 Å². The Hall–Kier alpha value is -1.09. The van der Waals surface area contributed by atoms with Crippen molar-refractivity contribution < 1.29 is 13.9 Å². The quantitative estimate of drug-likeness (QED) is 0.763. The molecule has 0 radical (unpaired) electrons. The van der Waals surface area contributed by atoms with Crippen LogP contribution in [0.15, 0.2) is 24.3 Å². The lowest BCUT2D eigenvalue weighted by Crippen LogP contribution is -2.60. The standard InChI is InChI=1S/C12H15FO2/c1-3-12(8-14-9(12)2)15-11-6-4-10(13)5-7-11/h4-7,9H,3,8H2,1-2H3. The molecule has 1 aliphatic rings. The molecule has 3 heteroatoms. The molecule has 2 unspecified atom stereocenters. The van der Waals surface area contributed by atoms with Gasteiger partial charge in [-0.3, -0.25) is 0 Å². The number of rotatable bonds is 3. The van der Waals surface area contributed by atoms with Crippen molar-refractivity contribution in [3.63, 3.8) is 0 Å². The highest BCUT2D eigenvalue weighted by atomic mass is 19.1. The summed E-state index contributed by atoms with van der Waals surface area (Å²) in [4.78, 5) is 0. The van der Waals surface area contributed by atoms with E-state index in [4.69, 9.17) is 9.47 Å². The van der Waals surface area contributed by atoms with E-state index >= 15 is 0 Å². The predicted octanol–water partition coefficient (Wildman–Crippen LogP) is 2.77. The fourth-order valence-corrected chi connectivity index (χ4v) is 1.75. The van der Waals surface area contributed by atoms with E-state index in [9.17, 15) is 4.39 Å². The van der Waals surface area contributed by atoms with Crippen LogP contribution < -0.4 is 4.74 Å². The Bertz CT molecular complexity index is 332. The minimum atomic E-state index is -0.245. The largest absolute Gasteiger partial charge is 0.482 e. The lowest BCUT2D eigenvalue weighted by atomic mass is 9.90. The van der Waals surface area contributed by atoms with E-state index < -0.39 is 0 Å². The van der Waals surface area contributed by atoms with Crippen LogP contribution in [-0.2, 0) is 4.74 Å². The van der Waals surface area contributed by atoms with Crippen LogP contribution in [0.2, 0.25) is 0 Å². The summed E-state index contributed by atoms with van der Waals surface area (Å²) in [5, 5.41) is 0. The van der Waals surface area contributed by atoms with Crippen LogP contribution in [-0.4, -0.2) is 18.3 Å². The molecule has 0 aliphatic carbocycles. The highest BCUT2D eigenvalue weighted by molar-refractivity contribution is 5.24. The predicted molar refractivity (Wildman–Crippen MR) is 55.5 cm³/mol. The van der Waals surface area contributed by atoms with Gasteiger partial charge in [0.1, 0.15) is 11.6 Å². The molecule has 1 aromatic rings. The van der Waals surface area contributed by atoms with Crippen molar-refractivity contribution in [1.82, 2.24) is 0 Å². The van der Waals surface area contributed by atoms with Gasteiger partial charge in [-0.2, -0.15) is 0 Å². The van der Waals surface area contributed by atoms with Gasteiger partial charge in [0.05, 0.1) is 12.7 Å². The van der Waals surface area contributed by atoms with Crippen LogP contribution in [0, 0.1) is 5.82 Å². The first-order chi connectivity index (χ1) is 7.16. The second-order valence-electron chi connectivity index (χ2n) is 3.93. The Labute approximate surface area is 89.0 Å². The second-order valence-corrected chi connectivity index (χ2v) is 3.93. The van der Waals surface area contributed by atoms with Gasteiger partial charge in [0, 0.05) is 0 Å². The monoisotopic (exact) mass is 210 g/mol. The molecule has 0 spiro atoms. The first kappa shape index (κ1) is 10.4. The first-order valence-corrected chi connectivity index (χ1v) is 5.22. The number of hydrogen-bond donors (Lipinski definition) is 0. The van der Waals surface area contributed by atoms with Crippen LogP contribution in [0.25, 0.3) is 0 Å². The molecule has 0 aromatic heterocycles. The molecule has 2 rings (SSSR count). The molecule has 0 amide bonds. The molecular formula is C12H15FO2. The maximum atomic E-state index is 12.7. The fraction of sp³-hybridized carbons (Fsp3) is 0.500. The lowest BCUT2D eigenvalue weighted by molar-refractivity contribution is -0.215. The van der Waals surface area contributed by atoms with Crippen molar-refractivity contribution in [2.45, 2.75) is 32.0 Å². The van der Waals surface area contributed by atoms with Gasteiger partial charge < -0.3 is 9.47 Å². The number of ether oxygens (including phenoxy) is 2. The summed E-state index contributed by atoms with van der Waals surface area (Å²) in [6, 6.07) is 6.11. The van der Waals surface area contributed by atoms with Gasteiger partial charge in [-0.1, -0.05) is 6.92 Å². The van der Waals surface area contributed by atoms with Gasteiger partial charge in [0.25, 0.3) is 0 Å². The van der Waals surface area contributed by atoms with Crippen LogP contribution in [0.4, 0.5) is 4.39 Å². The van der Waals surface area contributed by atoms with E-state index in [0.29, 0.717) is 12.4 Å². The Morgan fingerprint density at radius 2 is 2.13 bits per heavy atom. The summed E-state index contributed by atoms with van der Waals surface area (Å²) in [7, 11) is 0. The molecule has 1 fully saturated rings. The number of halogens is 1. The molecule has 2 nitrogen and oxygen atoms in total. The molecular weight excluding hydrogens is 195 g/mol. The third-order valence-corrected chi connectivity index (χ3v) is 3.05. The molecule has 1 saturated heterocycles. The van der Waals surface area contributed by atoms with Crippen molar-refractivity contribution in [2.75, 3.05) is 6.61 Å². The zero-order valence-corrected chi connectivity index (χ0v) is 9.00. The minimum Gasteiger partial charge on any atom is -0.482 e. The molecule has 1 aliphatic heterocycles. The molecule has 0 saturated carbocycles. The van der Waals surface area contributed by atoms with E-state index in [1.807, 2.05) is 6.92 Å². The van der Waals surface area contributed by atoms with Gasteiger partial charge in [-0.25, -0.2) is 4.39 Å². The Kier molecular flexibility index (Phi) is 2.65. The third-order valence-electron chi connectivity index (χ3n) is 3.05. The van der Waals surface area contributed by atoms with Crippen LogP contribution >= 0.6 is 0 Å². The minimum absolute atomic E-state index is 0.104. The molecule has 1 heterocycles. The smallest absolute Gasteiger partial charge is 0.157 e. The van der Waals surface area contributed by atoms with Crippen molar-refractivity contribution in [2.24, 2.45) is 0 Å². The van der Waals surface area contributed by atoms with Gasteiger partial charge in [0.2, 0.25) is 0 Å². The summed E-state index contributed by atoms with van der Waals surface area (Å²) in [5.41, 5.74) is -0.224. The Morgan fingerprint density at radius 1 is 1.47 bits per heavy atom. The Balaban J connectivity index is 2.10. The van der Waals surface area contributed by atoms with Crippen LogP contribution in [0.5, 0.6) is 5.75 Å². The SMILES string of the molecule is CCC1(Oc2ccc(F)cc2)COC1C. The molecule has 2 atom stereocenters. The molecule has 15 heavy (non-hydrogen) atoms. The zero-order valence-electron chi connectivity index (χ0n) is 9.00. The maximum absolute atomic E-state index is 12.7.